The van der Waals surface area contributed by atoms with Crippen LogP contribution in [0.3, 0.4) is 0 Å². The quantitative estimate of drug-likeness (QED) is 0.413. The van der Waals surface area contributed by atoms with Crippen LogP contribution in [0.1, 0.15) is 19.6 Å². The Labute approximate surface area is 145 Å². The van der Waals surface area contributed by atoms with Gasteiger partial charge in [-0.15, -0.1) is 24.0 Å². The molecule has 122 valence electrons. The minimum atomic E-state index is 0. The smallest absolute Gasteiger partial charge is 0.191 e. The van der Waals surface area contributed by atoms with Crippen LogP contribution in [0.25, 0.3) is 0 Å². The summed E-state index contributed by atoms with van der Waals surface area (Å²) in [4.78, 5) is 6.44. The Hall–Kier alpha value is -0.760. The van der Waals surface area contributed by atoms with Crippen LogP contribution in [-0.4, -0.2) is 51.6 Å². The van der Waals surface area contributed by atoms with Crippen molar-refractivity contribution in [3.05, 3.63) is 24.2 Å². The van der Waals surface area contributed by atoms with Crippen LogP contribution in [-0.2, 0) is 6.42 Å². The molecule has 0 fully saturated rings. The molecule has 0 bridgehead atoms. The van der Waals surface area contributed by atoms with Gasteiger partial charge < -0.3 is 20.0 Å². The first-order chi connectivity index (χ1) is 9.43. The van der Waals surface area contributed by atoms with Crippen molar-refractivity contribution in [3.63, 3.8) is 0 Å². The summed E-state index contributed by atoms with van der Waals surface area (Å²) < 4.78 is 5.30. The predicted molar refractivity (Wildman–Crippen MR) is 99.5 cm³/mol. The Kier molecular flexibility index (Phi) is 9.68. The lowest BCUT2D eigenvalue weighted by molar-refractivity contribution is 0.241. The van der Waals surface area contributed by atoms with E-state index in [1.807, 2.05) is 12.1 Å². The number of furan rings is 1. The first kappa shape index (κ1) is 20.2. The first-order valence-electron chi connectivity index (χ1n) is 7.04. The molecular weight excluding hydrogens is 379 g/mol. The fourth-order valence-electron chi connectivity index (χ4n) is 2.21. The second-order valence-electron chi connectivity index (χ2n) is 6.08. The van der Waals surface area contributed by atoms with Crippen LogP contribution < -0.4 is 10.6 Å². The van der Waals surface area contributed by atoms with Crippen LogP contribution in [0, 0.1) is 5.41 Å². The number of halogens is 1. The second-order valence-corrected chi connectivity index (χ2v) is 6.08. The highest BCUT2D eigenvalue weighted by atomic mass is 127. The normalized spacial score (nSPS) is 12.2. The van der Waals surface area contributed by atoms with E-state index in [1.165, 1.54) is 0 Å². The second kappa shape index (κ2) is 10.0. The lowest BCUT2D eigenvalue weighted by Gasteiger charge is -2.29. The van der Waals surface area contributed by atoms with Gasteiger partial charge in [0, 0.05) is 33.1 Å². The zero-order valence-electron chi connectivity index (χ0n) is 13.8. The third kappa shape index (κ3) is 8.98. The molecule has 1 aromatic heterocycles. The lowest BCUT2D eigenvalue weighted by atomic mass is 9.93. The maximum absolute atomic E-state index is 5.30. The SMILES string of the molecule is CN=C(NCCc1ccco1)NCC(C)(C)CN(C)C.I. The monoisotopic (exact) mass is 408 g/mol. The summed E-state index contributed by atoms with van der Waals surface area (Å²) in [5.74, 6) is 1.82. The van der Waals surface area contributed by atoms with Gasteiger partial charge in [-0.1, -0.05) is 13.8 Å². The summed E-state index contributed by atoms with van der Waals surface area (Å²) in [5, 5.41) is 6.68. The summed E-state index contributed by atoms with van der Waals surface area (Å²) in [6.07, 6.45) is 2.56. The van der Waals surface area contributed by atoms with Gasteiger partial charge in [-0.3, -0.25) is 4.99 Å². The van der Waals surface area contributed by atoms with Crippen molar-refractivity contribution in [1.29, 1.82) is 0 Å². The Morgan fingerprint density at radius 3 is 2.57 bits per heavy atom. The van der Waals surface area contributed by atoms with Gasteiger partial charge in [0.25, 0.3) is 0 Å². The maximum Gasteiger partial charge on any atom is 0.191 e. The largest absolute Gasteiger partial charge is 0.469 e. The van der Waals surface area contributed by atoms with Crippen LogP contribution in [0.5, 0.6) is 0 Å². The van der Waals surface area contributed by atoms with E-state index in [4.69, 9.17) is 4.42 Å². The molecule has 21 heavy (non-hydrogen) atoms. The average molecular weight is 408 g/mol. The van der Waals surface area contributed by atoms with E-state index >= 15 is 0 Å². The number of guanidine groups is 1. The molecule has 0 radical (unpaired) electrons. The van der Waals surface area contributed by atoms with Crippen molar-refractivity contribution < 1.29 is 4.42 Å². The van der Waals surface area contributed by atoms with Gasteiger partial charge in [0.1, 0.15) is 5.76 Å². The molecule has 1 heterocycles. The Bertz CT molecular complexity index is 402. The van der Waals surface area contributed by atoms with Gasteiger partial charge in [-0.05, 0) is 31.6 Å². The van der Waals surface area contributed by atoms with Gasteiger partial charge in [0.2, 0.25) is 0 Å². The third-order valence-electron chi connectivity index (χ3n) is 2.95. The summed E-state index contributed by atoms with van der Waals surface area (Å²) >= 11 is 0. The first-order valence-corrected chi connectivity index (χ1v) is 7.04. The molecule has 0 aliphatic heterocycles. The molecule has 0 unspecified atom stereocenters. The highest BCUT2D eigenvalue weighted by Crippen LogP contribution is 2.13. The van der Waals surface area contributed by atoms with Gasteiger partial charge in [0.15, 0.2) is 5.96 Å². The van der Waals surface area contributed by atoms with Gasteiger partial charge in [-0.25, -0.2) is 0 Å². The third-order valence-corrected chi connectivity index (χ3v) is 2.95. The lowest BCUT2D eigenvalue weighted by Crippen LogP contribution is -2.45. The maximum atomic E-state index is 5.30. The molecule has 0 saturated heterocycles. The van der Waals surface area contributed by atoms with Crippen molar-refractivity contribution in [3.8, 4) is 0 Å². The van der Waals surface area contributed by atoms with E-state index in [-0.39, 0.29) is 29.4 Å². The molecule has 1 rings (SSSR count). The number of hydrogen-bond acceptors (Lipinski definition) is 3. The summed E-state index contributed by atoms with van der Waals surface area (Å²) in [6.45, 7) is 7.21. The molecule has 1 aromatic rings. The minimum absolute atomic E-state index is 0. The zero-order valence-corrected chi connectivity index (χ0v) is 16.1. The van der Waals surface area contributed by atoms with Crippen LogP contribution >= 0.6 is 24.0 Å². The van der Waals surface area contributed by atoms with E-state index in [0.29, 0.717) is 0 Å². The topological polar surface area (TPSA) is 52.8 Å². The van der Waals surface area contributed by atoms with Gasteiger partial charge in [-0.2, -0.15) is 0 Å². The van der Waals surface area contributed by atoms with E-state index in [1.54, 1.807) is 13.3 Å². The number of hydrogen-bond donors (Lipinski definition) is 2. The van der Waals surface area contributed by atoms with Crippen LogP contribution in [0.15, 0.2) is 27.8 Å². The van der Waals surface area contributed by atoms with Crippen molar-refractivity contribution in [1.82, 2.24) is 15.5 Å². The molecule has 0 amide bonds. The van der Waals surface area contributed by atoms with E-state index in [2.05, 4.69) is 48.5 Å². The van der Waals surface area contributed by atoms with Crippen molar-refractivity contribution >= 4 is 29.9 Å². The molecule has 0 atom stereocenters. The van der Waals surface area contributed by atoms with Gasteiger partial charge >= 0.3 is 0 Å². The fourth-order valence-corrected chi connectivity index (χ4v) is 2.21. The molecule has 6 heteroatoms. The Morgan fingerprint density at radius 2 is 2.05 bits per heavy atom. The van der Waals surface area contributed by atoms with E-state index in [0.717, 1.165) is 37.8 Å². The summed E-state index contributed by atoms with van der Waals surface area (Å²) in [5.41, 5.74) is 0.197. The van der Waals surface area contributed by atoms with Gasteiger partial charge in [0.05, 0.1) is 6.26 Å². The average Bonchev–Trinajstić information content (AvgIpc) is 2.85. The summed E-state index contributed by atoms with van der Waals surface area (Å²) in [7, 11) is 5.98. The number of nitrogens with zero attached hydrogens (tertiary/aromatic N) is 2. The van der Waals surface area contributed by atoms with E-state index in [9.17, 15) is 0 Å². The van der Waals surface area contributed by atoms with Crippen LogP contribution in [0.4, 0.5) is 0 Å². The molecule has 0 aromatic carbocycles. The number of rotatable bonds is 7. The predicted octanol–water partition coefficient (Wildman–Crippen LogP) is 2.19. The molecule has 2 N–H and O–H groups in total. The molecular formula is C15H29IN4O. The van der Waals surface area contributed by atoms with Crippen LogP contribution in [0.2, 0.25) is 0 Å². The Balaban J connectivity index is 0.00000400. The molecule has 0 spiro atoms. The molecule has 0 aliphatic rings. The number of nitrogens with one attached hydrogen (secondary N) is 2. The van der Waals surface area contributed by atoms with E-state index < -0.39 is 0 Å². The minimum Gasteiger partial charge on any atom is -0.469 e. The van der Waals surface area contributed by atoms with Crippen molar-refractivity contribution in [2.75, 3.05) is 40.8 Å². The fraction of sp³-hybridized carbons (Fsp3) is 0.667. The highest BCUT2D eigenvalue weighted by molar-refractivity contribution is 14.0. The highest BCUT2D eigenvalue weighted by Gasteiger charge is 2.19. The number of aliphatic imine (C=N–C) groups is 1. The zero-order chi connectivity index (χ0) is 15.0. The molecule has 0 saturated carbocycles. The van der Waals surface area contributed by atoms with Crippen molar-refractivity contribution in [2.45, 2.75) is 20.3 Å². The molecule has 5 nitrogen and oxygen atoms in total. The summed E-state index contributed by atoms with van der Waals surface area (Å²) in [6, 6.07) is 3.89. The van der Waals surface area contributed by atoms with Crippen molar-refractivity contribution in [2.24, 2.45) is 10.4 Å². The Morgan fingerprint density at radius 1 is 1.33 bits per heavy atom. The standard InChI is InChI=1S/C15H28N4O.HI/c1-15(2,12-19(4)5)11-18-14(16-3)17-9-8-13-7-6-10-20-13;/h6-7,10H,8-9,11-12H2,1-5H3,(H2,16,17,18);1H. The molecule has 0 aliphatic carbocycles.